The lowest BCUT2D eigenvalue weighted by Gasteiger charge is -2.10. The van der Waals surface area contributed by atoms with Crippen LogP contribution in [0.25, 0.3) is 22.6 Å². The number of rotatable bonds is 6. The highest BCUT2D eigenvalue weighted by Gasteiger charge is 2.13. The molecular weight excluding hydrogens is 452 g/mol. The number of non-ortho nitro benzene ring substituents is 1. The van der Waals surface area contributed by atoms with Crippen molar-refractivity contribution in [3.8, 4) is 11.5 Å². The van der Waals surface area contributed by atoms with Gasteiger partial charge in [0.25, 0.3) is 11.6 Å². The van der Waals surface area contributed by atoms with Gasteiger partial charge in [-0.3, -0.25) is 20.2 Å². The molecule has 0 aliphatic heterocycles. The van der Waals surface area contributed by atoms with Gasteiger partial charge in [-0.25, -0.2) is 4.98 Å². The number of carbonyl (C=O) groups is 1. The Labute approximate surface area is 201 Å². The Morgan fingerprint density at radius 2 is 1.91 bits per heavy atom. The lowest BCUT2D eigenvalue weighted by molar-refractivity contribution is -0.384. The van der Waals surface area contributed by atoms with Crippen molar-refractivity contribution in [3.05, 3.63) is 88.0 Å². The van der Waals surface area contributed by atoms with E-state index < -0.39 is 10.8 Å². The summed E-state index contributed by atoms with van der Waals surface area (Å²) in [5.74, 6) is 0.458. The first-order valence-electron chi connectivity index (χ1n) is 10.7. The van der Waals surface area contributed by atoms with Gasteiger partial charge in [-0.15, -0.1) is 0 Å². The average molecular weight is 475 g/mol. The number of nitrogens with zero attached hydrogens (tertiary/aromatic N) is 2. The Kier molecular flexibility index (Phi) is 6.65. The number of hydrogen-bond acceptors (Lipinski definition) is 6. The van der Waals surface area contributed by atoms with Crippen LogP contribution in [0, 0.1) is 10.1 Å². The van der Waals surface area contributed by atoms with Crippen LogP contribution in [-0.2, 0) is 0 Å². The minimum absolute atomic E-state index is 0.0932. The van der Waals surface area contributed by atoms with E-state index in [2.05, 4.69) is 41.6 Å². The van der Waals surface area contributed by atoms with Gasteiger partial charge in [0.2, 0.25) is 5.89 Å². The van der Waals surface area contributed by atoms with Crippen LogP contribution < -0.4 is 10.6 Å². The Bertz CT molecular complexity index is 1380. The Balaban J connectivity index is 1.46. The third-order valence-corrected chi connectivity index (χ3v) is 5.73. The Morgan fingerprint density at radius 1 is 1.15 bits per heavy atom. The minimum Gasteiger partial charge on any atom is -0.436 e. The number of aromatic nitrogens is 1. The minimum atomic E-state index is -0.525. The average Bonchev–Trinajstić information content (AvgIpc) is 3.27. The number of nitro groups is 1. The lowest BCUT2D eigenvalue weighted by Crippen LogP contribution is -2.34. The molecule has 0 fully saturated rings. The third kappa shape index (κ3) is 5.10. The second kappa shape index (κ2) is 9.80. The summed E-state index contributed by atoms with van der Waals surface area (Å²) in [5, 5.41) is 16.4. The van der Waals surface area contributed by atoms with Gasteiger partial charge in [-0.1, -0.05) is 26.0 Å². The van der Waals surface area contributed by atoms with Crippen LogP contribution in [0.1, 0.15) is 42.1 Å². The van der Waals surface area contributed by atoms with Crippen LogP contribution in [0.5, 0.6) is 0 Å². The van der Waals surface area contributed by atoms with Crippen molar-refractivity contribution >= 4 is 45.7 Å². The van der Waals surface area contributed by atoms with Crippen molar-refractivity contribution in [3.63, 3.8) is 0 Å². The van der Waals surface area contributed by atoms with Crippen LogP contribution in [0.3, 0.4) is 0 Å². The lowest BCUT2D eigenvalue weighted by atomic mass is 9.98. The molecule has 3 aromatic carbocycles. The fraction of sp³-hybridized carbons (Fsp3) is 0.160. The molecule has 4 aromatic rings. The first kappa shape index (κ1) is 23.1. The summed E-state index contributed by atoms with van der Waals surface area (Å²) in [6.45, 7) is 4.33. The van der Waals surface area contributed by atoms with Crippen molar-refractivity contribution in [1.29, 1.82) is 0 Å². The first-order chi connectivity index (χ1) is 16.3. The summed E-state index contributed by atoms with van der Waals surface area (Å²) in [5.41, 5.74) is 4.31. The number of amides is 1. The molecule has 34 heavy (non-hydrogen) atoms. The van der Waals surface area contributed by atoms with E-state index in [0.29, 0.717) is 23.1 Å². The van der Waals surface area contributed by atoms with E-state index in [1.54, 1.807) is 6.07 Å². The molecule has 0 saturated carbocycles. The van der Waals surface area contributed by atoms with Gasteiger partial charge in [0.1, 0.15) is 5.52 Å². The molecule has 1 heterocycles. The molecule has 8 nitrogen and oxygen atoms in total. The highest BCUT2D eigenvalue weighted by molar-refractivity contribution is 7.80. The number of nitrogens with one attached hydrogen (secondary N) is 2. The Hall–Kier alpha value is -4.11. The summed E-state index contributed by atoms with van der Waals surface area (Å²) in [6.07, 6.45) is 1.05. The van der Waals surface area contributed by atoms with Gasteiger partial charge in [0, 0.05) is 28.9 Å². The van der Waals surface area contributed by atoms with Crippen LogP contribution in [0.4, 0.5) is 11.4 Å². The van der Waals surface area contributed by atoms with Crippen molar-refractivity contribution < 1.29 is 14.1 Å². The molecule has 1 atom stereocenters. The van der Waals surface area contributed by atoms with Gasteiger partial charge in [-0.05, 0) is 72.6 Å². The molecular formula is C25H22N4O4S. The molecule has 0 spiro atoms. The van der Waals surface area contributed by atoms with Crippen LogP contribution in [0.2, 0.25) is 0 Å². The van der Waals surface area contributed by atoms with E-state index in [1.807, 2.05) is 24.3 Å². The van der Waals surface area contributed by atoms with Gasteiger partial charge >= 0.3 is 0 Å². The highest BCUT2D eigenvalue weighted by atomic mass is 32.1. The number of thiocarbonyl (C=S) groups is 1. The van der Waals surface area contributed by atoms with Crippen LogP contribution in [-0.4, -0.2) is 20.9 Å². The zero-order chi connectivity index (χ0) is 24.2. The van der Waals surface area contributed by atoms with E-state index in [1.165, 1.54) is 29.8 Å². The number of carbonyl (C=O) groups excluding carboxylic acids is 1. The number of hydrogen-bond donors (Lipinski definition) is 2. The van der Waals surface area contributed by atoms with E-state index in [-0.39, 0.29) is 16.4 Å². The zero-order valence-corrected chi connectivity index (χ0v) is 19.4. The molecule has 9 heteroatoms. The SMILES string of the molecule is CCC(C)c1ccc2oc(-c3cccc(NC(=S)NC(=O)c4ccc([N+](=O)[O-])cc4)c3)nc2c1. The summed E-state index contributed by atoms with van der Waals surface area (Å²) >= 11 is 5.25. The molecule has 0 aliphatic rings. The zero-order valence-electron chi connectivity index (χ0n) is 18.6. The third-order valence-electron chi connectivity index (χ3n) is 5.53. The van der Waals surface area contributed by atoms with E-state index in [4.69, 9.17) is 16.6 Å². The summed E-state index contributed by atoms with van der Waals surface area (Å²) in [4.78, 5) is 27.3. The normalized spacial score (nSPS) is 11.7. The number of fused-ring (bicyclic) bond motifs is 1. The molecule has 0 radical (unpaired) electrons. The second-order valence-corrected chi connectivity index (χ2v) is 8.26. The summed E-state index contributed by atoms with van der Waals surface area (Å²) < 4.78 is 5.94. The summed E-state index contributed by atoms with van der Waals surface area (Å²) in [6, 6.07) is 18.7. The Morgan fingerprint density at radius 3 is 2.62 bits per heavy atom. The monoisotopic (exact) mass is 474 g/mol. The van der Waals surface area contributed by atoms with E-state index in [9.17, 15) is 14.9 Å². The maximum absolute atomic E-state index is 12.4. The largest absolute Gasteiger partial charge is 0.436 e. The molecule has 2 N–H and O–H groups in total. The maximum Gasteiger partial charge on any atom is 0.269 e. The highest BCUT2D eigenvalue weighted by Crippen LogP contribution is 2.29. The molecule has 172 valence electrons. The molecule has 4 rings (SSSR count). The van der Waals surface area contributed by atoms with E-state index >= 15 is 0 Å². The fourth-order valence-corrected chi connectivity index (χ4v) is 3.62. The predicted octanol–water partition coefficient (Wildman–Crippen LogP) is 6.04. The predicted molar refractivity (Wildman–Crippen MR) is 135 cm³/mol. The standard InChI is InChI=1S/C25H22N4O4S/c1-3-15(2)17-9-12-22-21(14-17)27-24(33-22)18-5-4-6-19(13-18)26-25(34)28-23(30)16-7-10-20(11-8-16)29(31)32/h4-15H,3H2,1-2H3,(H2,26,28,30,34). The first-order valence-corrected chi connectivity index (χ1v) is 11.1. The van der Waals surface area contributed by atoms with Gasteiger partial charge in [0.05, 0.1) is 4.92 Å². The quantitative estimate of drug-likeness (QED) is 0.199. The maximum atomic E-state index is 12.4. The topological polar surface area (TPSA) is 110 Å². The van der Waals surface area contributed by atoms with Gasteiger partial charge in [0.15, 0.2) is 10.7 Å². The fourth-order valence-electron chi connectivity index (χ4n) is 3.41. The van der Waals surface area contributed by atoms with Crippen LogP contribution in [0.15, 0.2) is 71.1 Å². The smallest absolute Gasteiger partial charge is 0.269 e. The van der Waals surface area contributed by atoms with Crippen molar-refractivity contribution in [2.45, 2.75) is 26.2 Å². The van der Waals surface area contributed by atoms with Crippen molar-refractivity contribution in [2.24, 2.45) is 0 Å². The van der Waals surface area contributed by atoms with Gasteiger partial charge < -0.3 is 9.73 Å². The molecule has 1 amide bonds. The number of nitro benzene ring substituents is 1. The number of oxazole rings is 1. The molecule has 1 aromatic heterocycles. The molecule has 1 unspecified atom stereocenters. The number of benzene rings is 3. The van der Waals surface area contributed by atoms with Crippen molar-refractivity contribution in [1.82, 2.24) is 10.3 Å². The second-order valence-electron chi connectivity index (χ2n) is 7.85. The van der Waals surface area contributed by atoms with Crippen molar-refractivity contribution in [2.75, 3.05) is 5.32 Å². The molecule has 0 aliphatic carbocycles. The van der Waals surface area contributed by atoms with Gasteiger partial charge in [-0.2, -0.15) is 0 Å². The molecule has 0 saturated heterocycles. The number of anilines is 1. The van der Waals surface area contributed by atoms with Crippen LogP contribution >= 0.6 is 12.2 Å². The molecule has 0 bridgehead atoms. The van der Waals surface area contributed by atoms with E-state index in [0.717, 1.165) is 17.5 Å². The summed E-state index contributed by atoms with van der Waals surface area (Å²) in [7, 11) is 0.